The van der Waals surface area contributed by atoms with Gasteiger partial charge >= 0.3 is 5.97 Å². The van der Waals surface area contributed by atoms with Crippen molar-refractivity contribution < 1.29 is 22.7 Å². The van der Waals surface area contributed by atoms with Gasteiger partial charge in [-0.1, -0.05) is 48.0 Å². The first-order valence-corrected chi connectivity index (χ1v) is 10.8. The summed E-state index contributed by atoms with van der Waals surface area (Å²) in [7, 11) is -3.56. The Labute approximate surface area is 170 Å². The number of aryl methyl sites for hydroxylation is 1. The van der Waals surface area contributed by atoms with Gasteiger partial charge in [0, 0.05) is 26.2 Å². The predicted octanol–water partition coefficient (Wildman–Crippen LogP) is 1.61. The van der Waals surface area contributed by atoms with Crippen LogP contribution in [0.3, 0.4) is 0 Å². The van der Waals surface area contributed by atoms with Crippen LogP contribution in [0, 0.1) is 6.92 Å². The second-order valence-electron chi connectivity index (χ2n) is 6.92. The molecule has 154 valence electrons. The minimum absolute atomic E-state index is 0.108. The Morgan fingerprint density at radius 1 is 0.931 bits per heavy atom. The highest BCUT2D eigenvalue weighted by Gasteiger charge is 2.30. The van der Waals surface area contributed by atoms with Crippen LogP contribution < -0.4 is 0 Å². The lowest BCUT2D eigenvalue weighted by Gasteiger charge is -2.33. The highest BCUT2D eigenvalue weighted by atomic mass is 32.2. The van der Waals surface area contributed by atoms with Gasteiger partial charge in [-0.3, -0.25) is 9.59 Å². The molecule has 0 unspecified atom stereocenters. The van der Waals surface area contributed by atoms with Crippen LogP contribution >= 0.6 is 0 Å². The van der Waals surface area contributed by atoms with Crippen LogP contribution in [-0.4, -0.2) is 62.3 Å². The highest BCUT2D eigenvalue weighted by Crippen LogP contribution is 2.17. The Kier molecular flexibility index (Phi) is 6.66. The van der Waals surface area contributed by atoms with Crippen molar-refractivity contribution in [2.75, 3.05) is 32.8 Å². The zero-order valence-corrected chi connectivity index (χ0v) is 17.1. The third-order valence-corrected chi connectivity index (χ3v) is 6.71. The fourth-order valence-corrected chi connectivity index (χ4v) is 4.52. The molecule has 0 spiro atoms. The molecule has 1 amide bonds. The average molecular weight is 416 g/mol. The van der Waals surface area contributed by atoms with E-state index < -0.39 is 16.0 Å². The maximum Gasteiger partial charge on any atom is 0.310 e. The molecule has 1 aliphatic heterocycles. The molecule has 7 nitrogen and oxygen atoms in total. The minimum Gasteiger partial charge on any atom is -0.455 e. The molecule has 0 atom stereocenters. The third-order valence-electron chi connectivity index (χ3n) is 4.80. The van der Waals surface area contributed by atoms with Crippen molar-refractivity contribution in [3.05, 3.63) is 65.7 Å². The average Bonchev–Trinajstić information content (AvgIpc) is 2.74. The summed E-state index contributed by atoms with van der Waals surface area (Å²) in [6.45, 7) is 2.57. The SMILES string of the molecule is Cc1ccc(CC(=O)OCC(=O)N2CCN(S(=O)(=O)c3ccccc3)CC2)cc1. The first-order valence-electron chi connectivity index (χ1n) is 9.40. The van der Waals surface area contributed by atoms with Gasteiger partial charge in [0.25, 0.3) is 5.91 Å². The van der Waals surface area contributed by atoms with Crippen molar-refractivity contribution in [1.82, 2.24) is 9.21 Å². The van der Waals surface area contributed by atoms with Gasteiger partial charge in [0.05, 0.1) is 11.3 Å². The summed E-state index contributed by atoms with van der Waals surface area (Å²) < 4.78 is 31.7. The molecule has 0 N–H and O–H groups in total. The molecular formula is C21H24N2O5S. The normalized spacial score (nSPS) is 15.1. The molecule has 1 fully saturated rings. The monoisotopic (exact) mass is 416 g/mol. The Hall–Kier alpha value is -2.71. The molecule has 0 radical (unpaired) electrons. The molecule has 8 heteroatoms. The van der Waals surface area contributed by atoms with Crippen LogP contribution in [0.15, 0.2) is 59.5 Å². The number of amides is 1. The number of benzene rings is 2. The van der Waals surface area contributed by atoms with E-state index in [0.717, 1.165) is 11.1 Å². The summed E-state index contributed by atoms with van der Waals surface area (Å²) >= 11 is 0. The van der Waals surface area contributed by atoms with E-state index in [1.54, 1.807) is 30.3 Å². The molecule has 2 aromatic rings. The second kappa shape index (κ2) is 9.19. The smallest absolute Gasteiger partial charge is 0.310 e. The van der Waals surface area contributed by atoms with E-state index in [1.807, 2.05) is 31.2 Å². The molecule has 0 saturated carbocycles. The van der Waals surface area contributed by atoms with Gasteiger partial charge in [0.15, 0.2) is 6.61 Å². The standard InChI is InChI=1S/C21H24N2O5S/c1-17-7-9-18(10-8-17)15-21(25)28-16-20(24)22-11-13-23(14-12-22)29(26,27)19-5-3-2-4-6-19/h2-10H,11-16H2,1H3. The molecule has 0 bridgehead atoms. The minimum atomic E-state index is -3.56. The predicted molar refractivity (Wildman–Crippen MR) is 108 cm³/mol. The number of esters is 1. The molecular weight excluding hydrogens is 392 g/mol. The lowest BCUT2D eigenvalue weighted by Crippen LogP contribution is -2.51. The number of hydrogen-bond acceptors (Lipinski definition) is 5. The summed E-state index contributed by atoms with van der Waals surface area (Å²) in [5.41, 5.74) is 1.93. The summed E-state index contributed by atoms with van der Waals surface area (Å²) in [6.07, 6.45) is 0.108. The number of sulfonamides is 1. The summed E-state index contributed by atoms with van der Waals surface area (Å²) in [4.78, 5) is 26.0. The number of carbonyl (C=O) groups excluding carboxylic acids is 2. The lowest BCUT2D eigenvalue weighted by atomic mass is 10.1. The topological polar surface area (TPSA) is 84.0 Å². The Bertz CT molecular complexity index is 950. The molecule has 29 heavy (non-hydrogen) atoms. The fourth-order valence-electron chi connectivity index (χ4n) is 3.08. The van der Waals surface area contributed by atoms with Crippen molar-refractivity contribution >= 4 is 21.9 Å². The molecule has 2 aromatic carbocycles. The van der Waals surface area contributed by atoms with E-state index in [2.05, 4.69) is 0 Å². The van der Waals surface area contributed by atoms with E-state index in [9.17, 15) is 18.0 Å². The Morgan fingerprint density at radius 2 is 1.55 bits per heavy atom. The number of nitrogens with zero attached hydrogens (tertiary/aromatic N) is 2. The number of piperazine rings is 1. The van der Waals surface area contributed by atoms with Gasteiger partial charge < -0.3 is 9.64 Å². The molecule has 0 aromatic heterocycles. The summed E-state index contributed by atoms with van der Waals surface area (Å²) in [5.74, 6) is -0.786. The zero-order chi connectivity index (χ0) is 20.9. The van der Waals surface area contributed by atoms with Crippen LogP contribution in [0.2, 0.25) is 0 Å². The molecule has 3 rings (SSSR count). The van der Waals surface area contributed by atoms with Gasteiger partial charge in [0.1, 0.15) is 0 Å². The maximum absolute atomic E-state index is 12.6. The quantitative estimate of drug-likeness (QED) is 0.668. The molecule has 1 saturated heterocycles. The highest BCUT2D eigenvalue weighted by molar-refractivity contribution is 7.89. The van der Waals surface area contributed by atoms with Crippen LogP contribution in [0.1, 0.15) is 11.1 Å². The first kappa shape index (κ1) is 21.0. The molecule has 1 aliphatic rings. The number of ether oxygens (including phenoxy) is 1. The van der Waals surface area contributed by atoms with Crippen LogP contribution in [0.25, 0.3) is 0 Å². The maximum atomic E-state index is 12.6. The number of carbonyl (C=O) groups is 2. The van der Waals surface area contributed by atoms with Crippen LogP contribution in [0.4, 0.5) is 0 Å². The van der Waals surface area contributed by atoms with Gasteiger partial charge in [-0.15, -0.1) is 0 Å². The van der Waals surface area contributed by atoms with Gasteiger partial charge in [-0.25, -0.2) is 8.42 Å². The van der Waals surface area contributed by atoms with Crippen molar-refractivity contribution in [1.29, 1.82) is 0 Å². The summed E-state index contributed by atoms with van der Waals surface area (Å²) in [5, 5.41) is 0. The fraction of sp³-hybridized carbons (Fsp3) is 0.333. The van der Waals surface area contributed by atoms with Gasteiger partial charge in [0.2, 0.25) is 10.0 Å². The Balaban J connectivity index is 1.46. The van der Waals surface area contributed by atoms with Crippen molar-refractivity contribution in [3.8, 4) is 0 Å². The van der Waals surface area contributed by atoms with Crippen molar-refractivity contribution in [2.45, 2.75) is 18.2 Å². The van der Waals surface area contributed by atoms with Gasteiger partial charge in [-0.05, 0) is 24.6 Å². The molecule has 1 heterocycles. The zero-order valence-electron chi connectivity index (χ0n) is 16.3. The van der Waals surface area contributed by atoms with Crippen LogP contribution in [-0.2, 0) is 30.8 Å². The van der Waals surface area contributed by atoms with E-state index in [0.29, 0.717) is 0 Å². The first-order chi connectivity index (χ1) is 13.9. The number of hydrogen-bond donors (Lipinski definition) is 0. The third kappa shape index (κ3) is 5.42. The van der Waals surface area contributed by atoms with Crippen molar-refractivity contribution in [2.24, 2.45) is 0 Å². The van der Waals surface area contributed by atoms with Crippen molar-refractivity contribution in [3.63, 3.8) is 0 Å². The lowest BCUT2D eigenvalue weighted by molar-refractivity contribution is -0.152. The van der Waals surface area contributed by atoms with E-state index in [1.165, 1.54) is 9.21 Å². The summed E-state index contributed by atoms with van der Waals surface area (Å²) in [6, 6.07) is 15.8. The van der Waals surface area contributed by atoms with E-state index >= 15 is 0 Å². The van der Waals surface area contributed by atoms with E-state index in [-0.39, 0.29) is 50.0 Å². The van der Waals surface area contributed by atoms with Crippen LogP contribution in [0.5, 0.6) is 0 Å². The second-order valence-corrected chi connectivity index (χ2v) is 8.86. The van der Waals surface area contributed by atoms with Gasteiger partial charge in [-0.2, -0.15) is 4.31 Å². The van der Waals surface area contributed by atoms with E-state index in [4.69, 9.17) is 4.74 Å². The largest absolute Gasteiger partial charge is 0.455 e. The molecule has 0 aliphatic carbocycles. The number of rotatable bonds is 6. The Morgan fingerprint density at radius 3 is 2.17 bits per heavy atom.